The lowest BCUT2D eigenvalue weighted by molar-refractivity contribution is -0.146. The molecule has 0 aliphatic carbocycles. The average Bonchev–Trinajstić information content (AvgIpc) is 2.61. The zero-order valence-corrected chi connectivity index (χ0v) is 16.3. The number of hydrogen-bond donors (Lipinski definition) is 0. The number of esters is 1. The number of thioether (sulfide) groups is 1. The molecule has 3 heteroatoms. The van der Waals surface area contributed by atoms with Crippen molar-refractivity contribution in [3.63, 3.8) is 0 Å². The monoisotopic (exact) mass is 350 g/mol. The Kier molecular flexibility index (Phi) is 12.6. The van der Waals surface area contributed by atoms with Crippen LogP contribution < -0.4 is 0 Å². The van der Waals surface area contributed by atoms with Gasteiger partial charge in [0, 0.05) is 4.90 Å². The minimum Gasteiger partial charge on any atom is -0.462 e. The first-order valence-electron chi connectivity index (χ1n) is 9.63. The van der Waals surface area contributed by atoms with E-state index >= 15 is 0 Å². The summed E-state index contributed by atoms with van der Waals surface area (Å²) >= 11 is 1.56. The highest BCUT2D eigenvalue weighted by Crippen LogP contribution is 2.19. The normalized spacial score (nSPS) is 12.1. The van der Waals surface area contributed by atoms with Crippen molar-refractivity contribution in [3.05, 3.63) is 30.3 Å². The molecule has 1 rings (SSSR count). The summed E-state index contributed by atoms with van der Waals surface area (Å²) in [5.41, 5.74) is 0. The molecule has 1 atom stereocenters. The van der Waals surface area contributed by atoms with Crippen LogP contribution in [-0.4, -0.2) is 17.8 Å². The van der Waals surface area contributed by atoms with Gasteiger partial charge in [0.1, 0.15) is 6.10 Å². The first-order chi connectivity index (χ1) is 11.8. The van der Waals surface area contributed by atoms with Crippen molar-refractivity contribution in [1.82, 2.24) is 0 Å². The van der Waals surface area contributed by atoms with Gasteiger partial charge in [0.2, 0.25) is 0 Å². The third kappa shape index (κ3) is 10.7. The zero-order valence-electron chi connectivity index (χ0n) is 15.5. The molecule has 0 aliphatic rings. The summed E-state index contributed by atoms with van der Waals surface area (Å²) in [5, 5.41) is 0. The maximum Gasteiger partial charge on any atom is 0.316 e. The van der Waals surface area contributed by atoms with Crippen LogP contribution in [0.15, 0.2) is 35.2 Å². The van der Waals surface area contributed by atoms with Crippen molar-refractivity contribution in [2.24, 2.45) is 0 Å². The Morgan fingerprint density at radius 2 is 1.54 bits per heavy atom. The molecule has 0 heterocycles. The molecule has 0 fully saturated rings. The summed E-state index contributed by atoms with van der Waals surface area (Å²) in [6, 6.07) is 10.0. The fraction of sp³-hybridized carbons (Fsp3) is 0.667. The Morgan fingerprint density at radius 1 is 0.917 bits per heavy atom. The van der Waals surface area contributed by atoms with Crippen LogP contribution in [0.5, 0.6) is 0 Å². The number of carbonyl (C=O) groups is 1. The van der Waals surface area contributed by atoms with Gasteiger partial charge in [-0.3, -0.25) is 4.79 Å². The number of carbonyl (C=O) groups excluding carboxylic acids is 1. The molecule has 0 radical (unpaired) electrons. The van der Waals surface area contributed by atoms with Gasteiger partial charge in [0.15, 0.2) is 0 Å². The topological polar surface area (TPSA) is 26.3 Å². The molecule has 0 saturated carbocycles. The van der Waals surface area contributed by atoms with Crippen LogP contribution in [-0.2, 0) is 9.53 Å². The number of ether oxygens (including phenoxy) is 1. The van der Waals surface area contributed by atoms with Crippen molar-refractivity contribution in [3.8, 4) is 0 Å². The lowest BCUT2D eigenvalue weighted by atomic mass is 10.0. The molecule has 1 unspecified atom stereocenters. The van der Waals surface area contributed by atoms with Crippen molar-refractivity contribution >= 4 is 17.7 Å². The molecule has 0 aliphatic heterocycles. The van der Waals surface area contributed by atoms with Crippen molar-refractivity contribution < 1.29 is 9.53 Å². The largest absolute Gasteiger partial charge is 0.462 e. The molecule has 1 aromatic carbocycles. The van der Waals surface area contributed by atoms with Crippen LogP contribution in [0.1, 0.15) is 78.1 Å². The Balaban J connectivity index is 2.25. The Hall–Kier alpha value is -0.960. The number of unbranched alkanes of at least 4 members (excludes halogenated alkanes) is 6. The van der Waals surface area contributed by atoms with E-state index in [-0.39, 0.29) is 12.1 Å². The Morgan fingerprint density at radius 3 is 2.25 bits per heavy atom. The van der Waals surface area contributed by atoms with Crippen molar-refractivity contribution in [2.45, 2.75) is 89.1 Å². The molecule has 1 aromatic rings. The van der Waals surface area contributed by atoms with E-state index in [1.807, 2.05) is 30.3 Å². The van der Waals surface area contributed by atoms with E-state index in [9.17, 15) is 4.79 Å². The van der Waals surface area contributed by atoms with Crippen LogP contribution in [0.2, 0.25) is 0 Å². The van der Waals surface area contributed by atoms with Crippen LogP contribution in [0.3, 0.4) is 0 Å². The maximum absolute atomic E-state index is 12.1. The van der Waals surface area contributed by atoms with Crippen LogP contribution in [0.25, 0.3) is 0 Å². The summed E-state index contributed by atoms with van der Waals surface area (Å²) in [7, 11) is 0. The van der Waals surface area contributed by atoms with Gasteiger partial charge < -0.3 is 4.74 Å². The minimum atomic E-state index is -0.0732. The lowest BCUT2D eigenvalue weighted by Gasteiger charge is -2.17. The van der Waals surface area contributed by atoms with Gasteiger partial charge in [-0.1, -0.05) is 77.0 Å². The third-order valence-electron chi connectivity index (χ3n) is 4.16. The molecule has 0 bridgehead atoms. The van der Waals surface area contributed by atoms with Gasteiger partial charge in [-0.25, -0.2) is 0 Å². The Labute approximate surface area is 152 Å². The molecule has 0 aromatic heterocycles. The van der Waals surface area contributed by atoms with Gasteiger partial charge in [-0.15, -0.1) is 11.8 Å². The molecule has 0 spiro atoms. The van der Waals surface area contributed by atoms with E-state index in [1.54, 1.807) is 11.8 Å². The molecule has 0 amide bonds. The SMILES string of the molecule is CCCCCCCCC(CCCC)OC(=O)CSc1ccccc1. The van der Waals surface area contributed by atoms with E-state index in [1.165, 1.54) is 38.5 Å². The quantitative estimate of drug-likeness (QED) is 0.214. The van der Waals surface area contributed by atoms with Crippen LogP contribution in [0.4, 0.5) is 0 Å². The van der Waals surface area contributed by atoms with Crippen LogP contribution >= 0.6 is 11.8 Å². The lowest BCUT2D eigenvalue weighted by Crippen LogP contribution is -2.19. The molecular weight excluding hydrogens is 316 g/mol. The Bertz CT molecular complexity index is 419. The molecule has 0 N–H and O–H groups in total. The number of benzene rings is 1. The standard InChI is InChI=1S/C21H34O2S/c1-3-5-7-8-9-11-15-19(14-6-4-2)23-21(22)18-24-20-16-12-10-13-17-20/h10,12-13,16-17,19H,3-9,11,14-15,18H2,1-2H3. The maximum atomic E-state index is 12.1. The van der Waals surface area contributed by atoms with Crippen molar-refractivity contribution in [1.29, 1.82) is 0 Å². The second kappa shape index (κ2) is 14.4. The minimum absolute atomic E-state index is 0.0732. The fourth-order valence-electron chi connectivity index (χ4n) is 2.73. The molecule has 136 valence electrons. The van der Waals surface area contributed by atoms with Gasteiger partial charge in [0.25, 0.3) is 0 Å². The van der Waals surface area contributed by atoms with Gasteiger partial charge in [-0.2, -0.15) is 0 Å². The first kappa shape index (κ1) is 21.1. The zero-order chi connectivity index (χ0) is 17.5. The van der Waals surface area contributed by atoms with E-state index in [2.05, 4.69) is 13.8 Å². The second-order valence-corrected chi connectivity index (χ2v) is 7.46. The first-order valence-corrected chi connectivity index (χ1v) is 10.6. The van der Waals surface area contributed by atoms with Crippen molar-refractivity contribution in [2.75, 3.05) is 5.75 Å². The predicted octanol–water partition coefficient (Wildman–Crippen LogP) is 6.63. The highest BCUT2D eigenvalue weighted by molar-refractivity contribution is 8.00. The van der Waals surface area contributed by atoms with Gasteiger partial charge >= 0.3 is 5.97 Å². The van der Waals surface area contributed by atoms with Crippen LogP contribution in [0, 0.1) is 0 Å². The summed E-state index contributed by atoms with van der Waals surface area (Å²) in [6.45, 7) is 4.43. The second-order valence-electron chi connectivity index (χ2n) is 6.41. The number of hydrogen-bond acceptors (Lipinski definition) is 3. The average molecular weight is 351 g/mol. The highest BCUT2D eigenvalue weighted by Gasteiger charge is 2.14. The summed E-state index contributed by atoms with van der Waals surface area (Å²) < 4.78 is 5.74. The summed E-state index contributed by atoms with van der Waals surface area (Å²) in [5.74, 6) is 0.333. The predicted molar refractivity (Wildman–Crippen MR) is 105 cm³/mol. The molecule has 2 nitrogen and oxygen atoms in total. The fourth-order valence-corrected chi connectivity index (χ4v) is 3.43. The molecule has 24 heavy (non-hydrogen) atoms. The smallest absolute Gasteiger partial charge is 0.316 e. The van der Waals surface area contributed by atoms with E-state index in [4.69, 9.17) is 4.74 Å². The number of rotatable bonds is 14. The van der Waals surface area contributed by atoms with Gasteiger partial charge in [0.05, 0.1) is 5.75 Å². The highest BCUT2D eigenvalue weighted by atomic mass is 32.2. The molecule has 0 saturated heterocycles. The summed E-state index contributed by atoms with van der Waals surface area (Å²) in [4.78, 5) is 13.2. The third-order valence-corrected chi connectivity index (χ3v) is 5.14. The summed E-state index contributed by atoms with van der Waals surface area (Å²) in [6.07, 6.45) is 12.1. The van der Waals surface area contributed by atoms with E-state index < -0.39 is 0 Å². The van der Waals surface area contributed by atoms with E-state index in [0.29, 0.717) is 5.75 Å². The molecular formula is C21H34O2S. The van der Waals surface area contributed by atoms with E-state index in [0.717, 1.165) is 30.6 Å². The van der Waals surface area contributed by atoms with Gasteiger partial charge in [-0.05, 0) is 31.4 Å².